The highest BCUT2D eigenvalue weighted by molar-refractivity contribution is 7.51. The van der Waals surface area contributed by atoms with Crippen LogP contribution < -0.4 is 0 Å². The molecule has 2 N–H and O–H groups in total. The van der Waals surface area contributed by atoms with Crippen molar-refractivity contribution < 1.29 is 107 Å². The summed E-state index contributed by atoms with van der Waals surface area (Å²) in [6.07, 6.45) is -12.0. The summed E-state index contributed by atoms with van der Waals surface area (Å²) < 4.78 is 283. The molecule has 0 heterocycles. The molecule has 0 aliphatic heterocycles. The van der Waals surface area contributed by atoms with Crippen molar-refractivity contribution in [1.82, 2.24) is 0 Å². The number of hydrogen-bond acceptors (Lipinski definition) is 1. The molecule has 0 bridgehead atoms. The fourth-order valence-electron chi connectivity index (χ4n) is 1.95. The maximum Gasteiger partial charge on any atom is 0.460 e. The van der Waals surface area contributed by atoms with Crippen LogP contribution >= 0.6 is 7.60 Å². The van der Waals surface area contributed by atoms with Gasteiger partial charge in [0, 0.05) is 0 Å². The summed E-state index contributed by atoms with van der Waals surface area (Å²) in [7, 11) is -6.71. The molecule has 218 valence electrons. The normalized spacial score (nSPS) is 17.0. The third kappa shape index (κ3) is 4.47. The SMILES string of the molecule is O=P(O)(O)CC(F)(F)C(F)(F)C(F)(F)C(F)(F)C(F)(F)C(F)(F)C(F)(F)C(F)(F)C(F)(F)C(F)(F)F. The zero-order valence-corrected chi connectivity index (χ0v) is 16.3. The van der Waals surface area contributed by atoms with Gasteiger partial charge >= 0.3 is 67.1 Å². The van der Waals surface area contributed by atoms with Gasteiger partial charge < -0.3 is 9.79 Å². The van der Waals surface area contributed by atoms with E-state index in [0.29, 0.717) is 0 Å². The predicted octanol–water partition coefficient (Wildman–Crippen LogP) is 6.44. The van der Waals surface area contributed by atoms with E-state index in [-0.39, 0.29) is 0 Å². The van der Waals surface area contributed by atoms with Crippen LogP contribution in [0, 0.1) is 0 Å². The minimum atomic E-state index is -9.29. The smallest absolute Gasteiger partial charge is 0.324 e. The number of halogens is 21. The van der Waals surface area contributed by atoms with Gasteiger partial charge in [0.1, 0.15) is 6.16 Å². The third-order valence-electron chi connectivity index (χ3n) is 3.98. The summed E-state index contributed by atoms with van der Waals surface area (Å²) in [5.41, 5.74) is 0. The van der Waals surface area contributed by atoms with Crippen LogP contribution in [-0.4, -0.2) is 75.4 Å². The summed E-state index contributed by atoms with van der Waals surface area (Å²) in [6.45, 7) is 0. The lowest BCUT2D eigenvalue weighted by atomic mass is 9.86. The molecule has 0 aromatic rings. The molecule has 0 spiro atoms. The molecule has 0 aliphatic carbocycles. The molecule has 0 rings (SSSR count). The summed E-state index contributed by atoms with van der Waals surface area (Å²) in [5.74, 6) is -78.9. The molecule has 0 saturated heterocycles. The molecule has 36 heavy (non-hydrogen) atoms. The van der Waals surface area contributed by atoms with Crippen molar-refractivity contribution in [3.63, 3.8) is 0 Å². The van der Waals surface area contributed by atoms with Gasteiger partial charge in [-0.25, -0.2) is 0 Å². The lowest BCUT2D eigenvalue weighted by Gasteiger charge is -2.44. The Morgan fingerprint density at radius 2 is 0.583 bits per heavy atom. The largest absolute Gasteiger partial charge is 0.460 e. The molecule has 25 heteroatoms. The van der Waals surface area contributed by atoms with Crippen LogP contribution in [0.25, 0.3) is 0 Å². The topological polar surface area (TPSA) is 57.5 Å². The second-order valence-corrected chi connectivity index (χ2v) is 8.27. The van der Waals surface area contributed by atoms with Gasteiger partial charge in [0.2, 0.25) is 0 Å². The van der Waals surface area contributed by atoms with E-state index in [9.17, 15) is 96.8 Å². The summed E-state index contributed by atoms with van der Waals surface area (Å²) in [4.78, 5) is 16.1. The summed E-state index contributed by atoms with van der Waals surface area (Å²) in [5, 5.41) is 0. The van der Waals surface area contributed by atoms with E-state index in [1.807, 2.05) is 0 Å². The average Bonchev–Trinajstić information content (AvgIpc) is 2.57. The number of hydrogen-bond donors (Lipinski definition) is 2. The lowest BCUT2D eigenvalue weighted by molar-refractivity contribution is -0.473. The highest BCUT2D eigenvalue weighted by Gasteiger charge is 2.97. The van der Waals surface area contributed by atoms with Crippen molar-refractivity contribution in [2.75, 3.05) is 6.16 Å². The second kappa shape index (κ2) is 8.34. The molecule has 0 amide bonds. The number of alkyl halides is 21. The Morgan fingerprint density at radius 3 is 0.778 bits per heavy atom. The van der Waals surface area contributed by atoms with Gasteiger partial charge in [-0.05, 0) is 0 Å². The highest BCUT2D eigenvalue weighted by atomic mass is 31.2. The molecule has 0 aromatic heterocycles. The zero-order valence-electron chi connectivity index (χ0n) is 15.4. The average molecular weight is 614 g/mol. The number of rotatable bonds is 10. The molecular formula is C11H4F21O3P. The first kappa shape index (κ1) is 34.7. The Kier molecular flexibility index (Phi) is 8.03. The molecule has 0 unspecified atom stereocenters. The predicted molar refractivity (Wildman–Crippen MR) is 67.5 cm³/mol. The van der Waals surface area contributed by atoms with Gasteiger partial charge in [-0.15, -0.1) is 0 Å². The molecule has 0 radical (unpaired) electrons. The third-order valence-corrected chi connectivity index (χ3v) is 4.79. The Bertz CT molecular complexity index is 867. The van der Waals surface area contributed by atoms with Crippen LogP contribution in [-0.2, 0) is 4.57 Å². The maximum absolute atomic E-state index is 13.4. The Morgan fingerprint density at radius 1 is 0.389 bits per heavy atom. The Hall–Kier alpha value is -1.32. The lowest BCUT2D eigenvalue weighted by Crippen LogP contribution is -2.77. The molecule has 0 aromatic carbocycles. The fourth-order valence-corrected chi connectivity index (χ4v) is 2.66. The van der Waals surface area contributed by atoms with Gasteiger partial charge in [0.05, 0.1) is 0 Å². The molecular weight excluding hydrogens is 610 g/mol. The first-order chi connectivity index (χ1) is 15.0. The standard InChI is InChI=1S/C11H4F21O3P/c12-2(13,1-36(33,34)35)3(14,15)4(16,17)5(18,19)6(20,21)7(22,23)8(24,25)9(26,27)10(28,29)11(30,31)32/h1H2,(H2,33,34,35). The van der Waals surface area contributed by atoms with Crippen molar-refractivity contribution in [2.45, 2.75) is 59.5 Å². The van der Waals surface area contributed by atoms with Crippen LogP contribution in [0.2, 0.25) is 0 Å². The van der Waals surface area contributed by atoms with Crippen molar-refractivity contribution >= 4 is 7.60 Å². The van der Waals surface area contributed by atoms with Gasteiger partial charge in [-0.2, -0.15) is 92.2 Å². The molecule has 3 nitrogen and oxygen atoms in total. The molecule has 0 aliphatic rings. The minimum absolute atomic E-state index is 3.94. The highest BCUT2D eigenvalue weighted by Crippen LogP contribution is 2.66. The molecule has 0 fully saturated rings. The quantitative estimate of drug-likeness (QED) is 0.220. The molecule has 0 atom stereocenters. The van der Waals surface area contributed by atoms with Crippen LogP contribution in [0.4, 0.5) is 92.2 Å². The fraction of sp³-hybridized carbons (Fsp3) is 1.00. The Labute approximate surface area is 181 Å². The van der Waals surface area contributed by atoms with E-state index in [1.54, 1.807) is 0 Å². The van der Waals surface area contributed by atoms with Crippen LogP contribution in [0.3, 0.4) is 0 Å². The van der Waals surface area contributed by atoms with Crippen LogP contribution in [0.1, 0.15) is 0 Å². The van der Waals surface area contributed by atoms with Crippen LogP contribution in [0.15, 0.2) is 0 Å². The van der Waals surface area contributed by atoms with E-state index in [1.165, 1.54) is 0 Å². The first-order valence-electron chi connectivity index (χ1n) is 7.47. The van der Waals surface area contributed by atoms with E-state index in [4.69, 9.17) is 9.79 Å². The van der Waals surface area contributed by atoms with Gasteiger partial charge in [-0.3, -0.25) is 4.57 Å². The molecule has 0 saturated carbocycles. The summed E-state index contributed by atoms with van der Waals surface area (Å²) in [6, 6.07) is 0. The summed E-state index contributed by atoms with van der Waals surface area (Å²) >= 11 is 0. The van der Waals surface area contributed by atoms with Crippen molar-refractivity contribution in [3.8, 4) is 0 Å². The van der Waals surface area contributed by atoms with Crippen LogP contribution in [0.5, 0.6) is 0 Å². The van der Waals surface area contributed by atoms with Gasteiger partial charge in [0.15, 0.2) is 0 Å². The second-order valence-electron chi connectivity index (χ2n) is 6.62. The van der Waals surface area contributed by atoms with E-state index in [2.05, 4.69) is 0 Å². The van der Waals surface area contributed by atoms with Gasteiger partial charge in [0.25, 0.3) is 0 Å². The van der Waals surface area contributed by atoms with Crippen molar-refractivity contribution in [2.24, 2.45) is 0 Å². The minimum Gasteiger partial charge on any atom is -0.324 e. The Balaban J connectivity index is 7.09. The van der Waals surface area contributed by atoms with Crippen molar-refractivity contribution in [3.05, 3.63) is 0 Å². The van der Waals surface area contributed by atoms with E-state index in [0.717, 1.165) is 0 Å². The maximum atomic E-state index is 13.4. The van der Waals surface area contributed by atoms with E-state index >= 15 is 0 Å². The monoisotopic (exact) mass is 614 g/mol. The van der Waals surface area contributed by atoms with Crippen molar-refractivity contribution in [1.29, 1.82) is 0 Å². The zero-order chi connectivity index (χ0) is 30.2. The van der Waals surface area contributed by atoms with E-state index < -0.39 is 73.2 Å². The van der Waals surface area contributed by atoms with Gasteiger partial charge in [-0.1, -0.05) is 0 Å². The first-order valence-corrected chi connectivity index (χ1v) is 9.27.